The fourth-order valence-corrected chi connectivity index (χ4v) is 0.805. The molecule has 3 N–H and O–H groups in total. The van der Waals surface area contributed by atoms with E-state index in [4.69, 9.17) is 5.11 Å². The van der Waals surface area contributed by atoms with Crippen molar-refractivity contribution in [3.63, 3.8) is 0 Å². The van der Waals surface area contributed by atoms with Gasteiger partial charge in [-0.2, -0.15) is 0 Å². The number of carboxylic acid groups (broad SMARTS) is 1. The van der Waals surface area contributed by atoms with Gasteiger partial charge in [0, 0.05) is 6.04 Å². The van der Waals surface area contributed by atoms with E-state index in [2.05, 4.69) is 10.6 Å². The van der Waals surface area contributed by atoms with Crippen LogP contribution in [0.1, 0.15) is 27.7 Å². The van der Waals surface area contributed by atoms with Crippen LogP contribution in [0.15, 0.2) is 0 Å². The smallest absolute Gasteiger partial charge is 0.320 e. The molecule has 0 bridgehead atoms. The standard InChI is InChI=1S/C10H20N2O3/c1-6(2)7(3)12-9(13)5-11-8(4)10(14)15/h6-8,11H,5H2,1-4H3,(H,12,13)(H,14,15). The molecule has 5 heteroatoms. The van der Waals surface area contributed by atoms with E-state index >= 15 is 0 Å². The number of aliphatic carboxylic acids is 1. The van der Waals surface area contributed by atoms with Gasteiger partial charge in [-0.25, -0.2) is 0 Å². The first-order chi connectivity index (χ1) is 6.84. The number of carbonyl (C=O) groups excluding carboxylic acids is 1. The average Bonchev–Trinajstić information content (AvgIpc) is 2.13. The van der Waals surface area contributed by atoms with Crippen molar-refractivity contribution < 1.29 is 14.7 Å². The van der Waals surface area contributed by atoms with Gasteiger partial charge in [0.2, 0.25) is 5.91 Å². The van der Waals surface area contributed by atoms with Crippen LogP contribution in [0.25, 0.3) is 0 Å². The van der Waals surface area contributed by atoms with Gasteiger partial charge in [-0.15, -0.1) is 0 Å². The fourth-order valence-electron chi connectivity index (χ4n) is 0.805. The number of amides is 1. The molecule has 2 atom stereocenters. The normalized spacial score (nSPS) is 14.7. The van der Waals surface area contributed by atoms with Gasteiger partial charge in [-0.3, -0.25) is 14.9 Å². The van der Waals surface area contributed by atoms with Crippen molar-refractivity contribution in [2.24, 2.45) is 5.92 Å². The summed E-state index contributed by atoms with van der Waals surface area (Å²) in [6.07, 6.45) is 0. The lowest BCUT2D eigenvalue weighted by Gasteiger charge is -2.18. The summed E-state index contributed by atoms with van der Waals surface area (Å²) < 4.78 is 0. The molecule has 0 spiro atoms. The number of carbonyl (C=O) groups is 2. The Morgan fingerprint density at radius 1 is 1.20 bits per heavy atom. The van der Waals surface area contributed by atoms with Crippen molar-refractivity contribution >= 4 is 11.9 Å². The molecule has 1 amide bonds. The highest BCUT2D eigenvalue weighted by atomic mass is 16.4. The van der Waals surface area contributed by atoms with Crippen molar-refractivity contribution in [1.82, 2.24) is 10.6 Å². The number of hydrogen-bond acceptors (Lipinski definition) is 3. The predicted molar refractivity (Wildman–Crippen MR) is 57.5 cm³/mol. The Bertz CT molecular complexity index is 229. The van der Waals surface area contributed by atoms with Gasteiger partial charge in [0.25, 0.3) is 0 Å². The lowest BCUT2D eigenvalue weighted by atomic mass is 10.1. The summed E-state index contributed by atoms with van der Waals surface area (Å²) in [5.74, 6) is -0.769. The summed E-state index contributed by atoms with van der Waals surface area (Å²) in [4.78, 5) is 21.8. The van der Waals surface area contributed by atoms with E-state index in [0.29, 0.717) is 5.92 Å². The van der Waals surface area contributed by atoms with E-state index < -0.39 is 12.0 Å². The van der Waals surface area contributed by atoms with Gasteiger partial charge >= 0.3 is 5.97 Å². The first kappa shape index (κ1) is 13.9. The molecule has 15 heavy (non-hydrogen) atoms. The monoisotopic (exact) mass is 216 g/mol. The molecule has 0 fully saturated rings. The second kappa shape index (κ2) is 6.40. The summed E-state index contributed by atoms with van der Waals surface area (Å²) in [6.45, 7) is 7.48. The molecular formula is C10H20N2O3. The van der Waals surface area contributed by atoms with Gasteiger partial charge in [0.05, 0.1) is 6.54 Å². The zero-order chi connectivity index (χ0) is 12.0. The quantitative estimate of drug-likeness (QED) is 0.593. The average molecular weight is 216 g/mol. The molecule has 88 valence electrons. The van der Waals surface area contributed by atoms with E-state index in [0.717, 1.165) is 0 Å². The summed E-state index contributed by atoms with van der Waals surface area (Å²) in [5, 5.41) is 14.0. The van der Waals surface area contributed by atoms with Gasteiger partial charge in [0.15, 0.2) is 0 Å². The fraction of sp³-hybridized carbons (Fsp3) is 0.800. The number of rotatable bonds is 6. The van der Waals surface area contributed by atoms with Gasteiger partial charge in [-0.05, 0) is 19.8 Å². The maximum absolute atomic E-state index is 11.3. The maximum Gasteiger partial charge on any atom is 0.320 e. The Labute approximate surface area is 90.2 Å². The minimum atomic E-state index is -0.959. The third-order valence-corrected chi connectivity index (χ3v) is 2.33. The van der Waals surface area contributed by atoms with Crippen molar-refractivity contribution in [1.29, 1.82) is 0 Å². The third-order valence-electron chi connectivity index (χ3n) is 2.33. The van der Waals surface area contributed by atoms with Crippen molar-refractivity contribution in [2.45, 2.75) is 39.8 Å². The molecule has 0 saturated heterocycles. The molecule has 2 unspecified atom stereocenters. The SMILES string of the molecule is CC(NCC(=O)NC(C)C(C)C)C(=O)O. The van der Waals surface area contributed by atoms with Crippen LogP contribution in [-0.4, -0.2) is 35.6 Å². The Balaban J connectivity index is 3.80. The van der Waals surface area contributed by atoms with Crippen LogP contribution < -0.4 is 10.6 Å². The van der Waals surface area contributed by atoms with Crippen LogP contribution in [0, 0.1) is 5.92 Å². The molecule has 0 aromatic carbocycles. The molecule has 0 aromatic rings. The van der Waals surface area contributed by atoms with Crippen molar-refractivity contribution in [2.75, 3.05) is 6.54 Å². The van der Waals surface area contributed by atoms with E-state index in [9.17, 15) is 9.59 Å². The highest BCUT2D eigenvalue weighted by Gasteiger charge is 2.14. The largest absolute Gasteiger partial charge is 0.480 e. The van der Waals surface area contributed by atoms with E-state index in [-0.39, 0.29) is 18.5 Å². The summed E-state index contributed by atoms with van der Waals surface area (Å²) >= 11 is 0. The summed E-state index contributed by atoms with van der Waals surface area (Å²) in [6, 6.07) is -0.607. The van der Waals surface area contributed by atoms with Crippen LogP contribution in [0.2, 0.25) is 0 Å². The first-order valence-electron chi connectivity index (χ1n) is 5.10. The third kappa shape index (κ3) is 6.06. The van der Waals surface area contributed by atoms with E-state index in [1.807, 2.05) is 20.8 Å². The molecule has 0 heterocycles. The second-order valence-corrected chi connectivity index (χ2v) is 4.04. The maximum atomic E-state index is 11.3. The van der Waals surface area contributed by atoms with Crippen molar-refractivity contribution in [3.05, 3.63) is 0 Å². The lowest BCUT2D eigenvalue weighted by Crippen LogP contribution is -2.45. The van der Waals surface area contributed by atoms with E-state index in [1.54, 1.807) is 0 Å². The van der Waals surface area contributed by atoms with Crippen LogP contribution in [0.3, 0.4) is 0 Å². The van der Waals surface area contributed by atoms with Gasteiger partial charge in [-0.1, -0.05) is 13.8 Å². The molecule has 0 saturated carbocycles. The van der Waals surface area contributed by atoms with Crippen LogP contribution in [0.4, 0.5) is 0 Å². The zero-order valence-electron chi connectivity index (χ0n) is 9.70. The van der Waals surface area contributed by atoms with Crippen LogP contribution in [0.5, 0.6) is 0 Å². The van der Waals surface area contributed by atoms with Crippen LogP contribution >= 0.6 is 0 Å². The molecular weight excluding hydrogens is 196 g/mol. The Hall–Kier alpha value is -1.10. The zero-order valence-corrected chi connectivity index (χ0v) is 9.70. The van der Waals surface area contributed by atoms with Gasteiger partial charge < -0.3 is 10.4 Å². The molecule has 0 aliphatic carbocycles. The summed E-state index contributed by atoms with van der Waals surface area (Å²) in [5.41, 5.74) is 0. The number of nitrogens with one attached hydrogen (secondary N) is 2. The Morgan fingerprint density at radius 2 is 1.73 bits per heavy atom. The highest BCUT2D eigenvalue weighted by Crippen LogP contribution is 1.98. The molecule has 0 aromatic heterocycles. The van der Waals surface area contributed by atoms with E-state index in [1.165, 1.54) is 6.92 Å². The second-order valence-electron chi connectivity index (χ2n) is 4.04. The van der Waals surface area contributed by atoms with Gasteiger partial charge in [0.1, 0.15) is 6.04 Å². The molecule has 0 aliphatic heterocycles. The number of hydrogen-bond donors (Lipinski definition) is 3. The predicted octanol–water partition coefficient (Wildman–Crippen LogP) is 0.210. The first-order valence-corrected chi connectivity index (χ1v) is 5.10. The van der Waals surface area contributed by atoms with Crippen LogP contribution in [-0.2, 0) is 9.59 Å². The lowest BCUT2D eigenvalue weighted by molar-refractivity contribution is -0.139. The Morgan fingerprint density at radius 3 is 2.13 bits per heavy atom. The molecule has 0 rings (SSSR count). The molecule has 0 aliphatic rings. The highest BCUT2D eigenvalue weighted by molar-refractivity contribution is 5.79. The topological polar surface area (TPSA) is 78.4 Å². The molecule has 5 nitrogen and oxygen atoms in total. The minimum Gasteiger partial charge on any atom is -0.480 e. The summed E-state index contributed by atoms with van der Waals surface area (Å²) in [7, 11) is 0. The number of carboxylic acids is 1. The minimum absolute atomic E-state index is 0.0323. The molecule has 0 radical (unpaired) electrons. The Kier molecular flexibility index (Phi) is 5.93. The van der Waals surface area contributed by atoms with Crippen molar-refractivity contribution in [3.8, 4) is 0 Å².